The minimum absolute atomic E-state index is 0.0324. The van der Waals surface area contributed by atoms with E-state index in [4.69, 9.17) is 9.47 Å². The number of esters is 2. The Labute approximate surface area is 115 Å². The quantitative estimate of drug-likeness (QED) is 0.569. The van der Waals surface area contributed by atoms with Gasteiger partial charge in [0.15, 0.2) is 5.41 Å². The maximum absolute atomic E-state index is 12.4. The average molecular weight is 270 g/mol. The highest BCUT2D eigenvalue weighted by atomic mass is 16.6. The number of carbonyl (C=O) groups is 2. The lowest BCUT2D eigenvalue weighted by Gasteiger charge is -2.32. The second kappa shape index (κ2) is 6.40. The summed E-state index contributed by atoms with van der Waals surface area (Å²) in [6.45, 7) is 8.85. The summed E-state index contributed by atoms with van der Waals surface area (Å²) in [6, 6.07) is 0. The van der Waals surface area contributed by atoms with Crippen LogP contribution in [0, 0.1) is 11.3 Å². The molecular weight excluding hydrogens is 244 g/mol. The molecule has 0 aromatic heterocycles. The molecule has 0 aromatic rings. The summed E-state index contributed by atoms with van der Waals surface area (Å²) >= 11 is 0. The molecule has 1 aliphatic rings. The molecule has 0 N–H and O–H groups in total. The molecule has 0 saturated heterocycles. The van der Waals surface area contributed by atoms with Crippen LogP contribution in [0.3, 0.4) is 0 Å². The molecule has 0 atom stereocenters. The lowest BCUT2D eigenvalue weighted by molar-refractivity contribution is -0.180. The Balaban J connectivity index is 2.94. The topological polar surface area (TPSA) is 52.6 Å². The summed E-state index contributed by atoms with van der Waals surface area (Å²) < 4.78 is 10.6. The smallest absolute Gasteiger partial charge is 0.323 e. The standard InChI is InChI=1S/C15H26O4/c1-10(2)18-13(16)15(5,12-8-6-7-9-12)14(17)19-11(3)4/h10-12H,6-9H2,1-5H3. The summed E-state index contributed by atoms with van der Waals surface area (Å²) in [5, 5.41) is 0. The molecule has 1 rings (SSSR count). The van der Waals surface area contributed by atoms with E-state index >= 15 is 0 Å². The fourth-order valence-electron chi connectivity index (χ4n) is 2.59. The van der Waals surface area contributed by atoms with E-state index in [1.165, 1.54) is 0 Å². The second-order valence-corrected chi connectivity index (χ2v) is 6.09. The van der Waals surface area contributed by atoms with E-state index in [2.05, 4.69) is 0 Å². The predicted molar refractivity (Wildman–Crippen MR) is 72.5 cm³/mol. The van der Waals surface area contributed by atoms with Crippen molar-refractivity contribution in [2.45, 2.75) is 72.5 Å². The van der Waals surface area contributed by atoms with Crippen LogP contribution in [0.5, 0.6) is 0 Å². The van der Waals surface area contributed by atoms with Crippen molar-refractivity contribution in [1.82, 2.24) is 0 Å². The van der Waals surface area contributed by atoms with E-state index in [0.717, 1.165) is 25.7 Å². The Morgan fingerprint density at radius 2 is 1.32 bits per heavy atom. The monoisotopic (exact) mass is 270 g/mol. The molecule has 0 aromatic carbocycles. The van der Waals surface area contributed by atoms with Crippen LogP contribution in [0.2, 0.25) is 0 Å². The van der Waals surface area contributed by atoms with Crippen LogP contribution in [0.15, 0.2) is 0 Å². The summed E-state index contributed by atoms with van der Waals surface area (Å²) in [4.78, 5) is 24.7. The predicted octanol–water partition coefficient (Wildman–Crippen LogP) is 3.09. The van der Waals surface area contributed by atoms with Crippen molar-refractivity contribution in [3.63, 3.8) is 0 Å². The third-order valence-electron chi connectivity index (χ3n) is 3.71. The molecule has 0 radical (unpaired) electrons. The number of ether oxygens (including phenoxy) is 2. The van der Waals surface area contributed by atoms with E-state index in [1.54, 1.807) is 34.6 Å². The minimum atomic E-state index is -1.16. The van der Waals surface area contributed by atoms with Gasteiger partial charge in [-0.15, -0.1) is 0 Å². The fourth-order valence-corrected chi connectivity index (χ4v) is 2.59. The normalized spacial score (nSPS) is 17.0. The molecule has 4 nitrogen and oxygen atoms in total. The van der Waals surface area contributed by atoms with Crippen LogP contribution in [0.1, 0.15) is 60.3 Å². The van der Waals surface area contributed by atoms with Crippen molar-refractivity contribution in [3.8, 4) is 0 Å². The van der Waals surface area contributed by atoms with Gasteiger partial charge >= 0.3 is 11.9 Å². The maximum atomic E-state index is 12.4. The molecule has 0 aliphatic heterocycles. The fraction of sp³-hybridized carbons (Fsp3) is 0.867. The van der Waals surface area contributed by atoms with Gasteiger partial charge in [0.25, 0.3) is 0 Å². The highest BCUT2D eigenvalue weighted by Crippen LogP contribution is 2.42. The van der Waals surface area contributed by atoms with Gasteiger partial charge in [-0.05, 0) is 53.4 Å². The molecule has 1 aliphatic carbocycles. The molecular formula is C15H26O4. The highest BCUT2D eigenvalue weighted by molar-refractivity contribution is 6.00. The van der Waals surface area contributed by atoms with Gasteiger partial charge in [-0.25, -0.2) is 0 Å². The first-order valence-corrected chi connectivity index (χ1v) is 7.20. The van der Waals surface area contributed by atoms with Crippen molar-refractivity contribution in [1.29, 1.82) is 0 Å². The Morgan fingerprint density at radius 3 is 1.63 bits per heavy atom. The maximum Gasteiger partial charge on any atom is 0.323 e. The van der Waals surface area contributed by atoms with Crippen molar-refractivity contribution < 1.29 is 19.1 Å². The van der Waals surface area contributed by atoms with E-state index in [1.807, 2.05) is 0 Å². The van der Waals surface area contributed by atoms with E-state index in [0.29, 0.717) is 0 Å². The Bertz CT molecular complexity index is 305. The van der Waals surface area contributed by atoms with Crippen LogP contribution in [0.4, 0.5) is 0 Å². The summed E-state index contributed by atoms with van der Waals surface area (Å²) in [5.41, 5.74) is -1.16. The molecule has 19 heavy (non-hydrogen) atoms. The molecule has 0 amide bonds. The van der Waals surface area contributed by atoms with E-state index in [-0.39, 0.29) is 18.1 Å². The molecule has 1 saturated carbocycles. The Kier molecular flexibility index (Phi) is 5.39. The SMILES string of the molecule is CC(C)OC(=O)C(C)(C(=O)OC(C)C)C1CCCC1. The number of hydrogen-bond acceptors (Lipinski definition) is 4. The lowest BCUT2D eigenvalue weighted by Crippen LogP contribution is -2.46. The third-order valence-corrected chi connectivity index (χ3v) is 3.71. The van der Waals surface area contributed by atoms with Gasteiger partial charge in [0, 0.05) is 0 Å². The van der Waals surface area contributed by atoms with Crippen molar-refractivity contribution in [2.75, 3.05) is 0 Å². The van der Waals surface area contributed by atoms with Crippen LogP contribution in [-0.4, -0.2) is 24.1 Å². The van der Waals surface area contributed by atoms with E-state index in [9.17, 15) is 9.59 Å². The molecule has 1 fully saturated rings. The Morgan fingerprint density at radius 1 is 0.947 bits per heavy atom. The molecule has 0 bridgehead atoms. The lowest BCUT2D eigenvalue weighted by atomic mass is 9.76. The van der Waals surface area contributed by atoms with Gasteiger partial charge in [-0.2, -0.15) is 0 Å². The van der Waals surface area contributed by atoms with Crippen LogP contribution in [-0.2, 0) is 19.1 Å². The largest absolute Gasteiger partial charge is 0.462 e. The zero-order valence-corrected chi connectivity index (χ0v) is 12.7. The molecule has 0 spiro atoms. The van der Waals surface area contributed by atoms with Crippen LogP contribution < -0.4 is 0 Å². The van der Waals surface area contributed by atoms with Gasteiger partial charge in [0.2, 0.25) is 0 Å². The van der Waals surface area contributed by atoms with Gasteiger partial charge in [0.05, 0.1) is 12.2 Å². The first-order chi connectivity index (χ1) is 8.78. The van der Waals surface area contributed by atoms with Gasteiger partial charge in [0.1, 0.15) is 0 Å². The summed E-state index contributed by atoms with van der Waals surface area (Å²) in [6.07, 6.45) is 3.45. The number of hydrogen-bond donors (Lipinski definition) is 0. The zero-order chi connectivity index (χ0) is 14.6. The Hall–Kier alpha value is -1.06. The van der Waals surface area contributed by atoms with Gasteiger partial charge in [-0.1, -0.05) is 12.8 Å². The third kappa shape index (κ3) is 3.71. The average Bonchev–Trinajstić information content (AvgIpc) is 2.79. The molecule has 0 unspecified atom stereocenters. The molecule has 0 heterocycles. The summed E-state index contributed by atoms with van der Waals surface area (Å²) in [7, 11) is 0. The van der Waals surface area contributed by atoms with E-state index < -0.39 is 17.4 Å². The number of carbonyl (C=O) groups excluding carboxylic acids is 2. The van der Waals surface area contributed by atoms with Crippen molar-refractivity contribution in [2.24, 2.45) is 11.3 Å². The second-order valence-electron chi connectivity index (χ2n) is 6.09. The first kappa shape index (κ1) is 16.0. The van der Waals surface area contributed by atoms with Crippen LogP contribution in [0.25, 0.3) is 0 Å². The van der Waals surface area contributed by atoms with Crippen molar-refractivity contribution >= 4 is 11.9 Å². The molecule has 110 valence electrons. The van der Waals surface area contributed by atoms with Gasteiger partial charge in [-0.3, -0.25) is 9.59 Å². The zero-order valence-electron chi connectivity index (χ0n) is 12.7. The van der Waals surface area contributed by atoms with Gasteiger partial charge < -0.3 is 9.47 Å². The first-order valence-electron chi connectivity index (χ1n) is 7.20. The van der Waals surface area contributed by atoms with Crippen molar-refractivity contribution in [3.05, 3.63) is 0 Å². The van der Waals surface area contributed by atoms with Crippen LogP contribution >= 0.6 is 0 Å². The highest BCUT2D eigenvalue weighted by Gasteiger charge is 2.51. The minimum Gasteiger partial charge on any atom is -0.462 e. The summed E-state index contributed by atoms with van der Waals surface area (Å²) in [5.74, 6) is -0.856. The molecule has 4 heteroatoms. The number of rotatable bonds is 5.